The predicted octanol–water partition coefficient (Wildman–Crippen LogP) is 2.73. The van der Waals surface area contributed by atoms with E-state index in [-0.39, 0.29) is 0 Å². The zero-order chi connectivity index (χ0) is 14.9. The van der Waals surface area contributed by atoms with Gasteiger partial charge in [-0.3, -0.25) is 4.79 Å². The first-order valence-corrected chi connectivity index (χ1v) is 7.57. The summed E-state index contributed by atoms with van der Waals surface area (Å²) < 4.78 is 0. The van der Waals surface area contributed by atoms with Crippen molar-refractivity contribution in [3.63, 3.8) is 0 Å². The molecule has 0 rings (SSSR count). The van der Waals surface area contributed by atoms with Crippen molar-refractivity contribution in [2.75, 3.05) is 20.1 Å². The maximum Gasteiger partial charge on any atom is 0.323 e. The van der Waals surface area contributed by atoms with Crippen LogP contribution in [0.15, 0.2) is 0 Å². The highest BCUT2D eigenvalue weighted by atomic mass is 16.4. The minimum atomic E-state index is -0.800. The lowest BCUT2D eigenvalue weighted by atomic mass is 9.96. The first-order valence-electron chi connectivity index (χ1n) is 7.57. The number of rotatable bonds is 11. The van der Waals surface area contributed by atoms with Crippen molar-refractivity contribution in [1.29, 1.82) is 0 Å². The number of hydrogen-bond donors (Lipinski definition) is 2. The number of unbranched alkanes of at least 4 members (excludes halogenated alkanes) is 1. The van der Waals surface area contributed by atoms with Crippen molar-refractivity contribution >= 4 is 5.97 Å². The lowest BCUT2D eigenvalue weighted by molar-refractivity contribution is -0.144. The second-order valence-electron chi connectivity index (χ2n) is 5.64. The van der Waals surface area contributed by atoms with Crippen LogP contribution in [0.2, 0.25) is 0 Å². The molecular weight excluding hydrogens is 240 g/mol. The molecule has 0 aromatic rings. The highest BCUT2D eigenvalue weighted by molar-refractivity contribution is 5.78. The SMILES string of the molecule is CCCCN(CCCC(C)(NC)C(=O)O)C(C)CC. The molecule has 0 bridgehead atoms. The third kappa shape index (κ3) is 6.39. The van der Waals surface area contributed by atoms with Crippen LogP contribution in [-0.2, 0) is 4.79 Å². The Morgan fingerprint density at radius 2 is 1.89 bits per heavy atom. The van der Waals surface area contributed by atoms with Gasteiger partial charge in [-0.1, -0.05) is 20.3 Å². The van der Waals surface area contributed by atoms with E-state index in [1.165, 1.54) is 12.8 Å². The number of hydrogen-bond acceptors (Lipinski definition) is 3. The Balaban J connectivity index is 4.27. The zero-order valence-corrected chi connectivity index (χ0v) is 13.3. The standard InChI is InChI=1S/C15H32N2O2/c1-6-8-11-17(13(3)7-2)12-9-10-15(4,16-5)14(18)19/h13,16H,6-12H2,1-5H3,(H,18,19). The highest BCUT2D eigenvalue weighted by Gasteiger charge is 2.30. The van der Waals surface area contributed by atoms with Crippen molar-refractivity contribution in [2.24, 2.45) is 0 Å². The van der Waals surface area contributed by atoms with E-state index in [2.05, 4.69) is 31.0 Å². The second kappa shape index (κ2) is 9.32. The van der Waals surface area contributed by atoms with Crippen molar-refractivity contribution in [3.8, 4) is 0 Å². The van der Waals surface area contributed by atoms with Crippen LogP contribution in [-0.4, -0.2) is 47.7 Å². The van der Waals surface area contributed by atoms with Crippen LogP contribution in [0.1, 0.15) is 59.8 Å². The zero-order valence-electron chi connectivity index (χ0n) is 13.3. The normalized spacial score (nSPS) is 16.3. The molecule has 0 heterocycles. The molecule has 0 saturated carbocycles. The highest BCUT2D eigenvalue weighted by Crippen LogP contribution is 2.14. The fourth-order valence-electron chi connectivity index (χ4n) is 2.15. The molecule has 19 heavy (non-hydrogen) atoms. The Bertz CT molecular complexity index is 259. The summed E-state index contributed by atoms with van der Waals surface area (Å²) in [5.74, 6) is -0.765. The van der Waals surface area contributed by atoms with Gasteiger partial charge in [0.25, 0.3) is 0 Å². The molecule has 0 aliphatic carbocycles. The topological polar surface area (TPSA) is 52.6 Å². The third-order valence-electron chi connectivity index (χ3n) is 4.16. The summed E-state index contributed by atoms with van der Waals surface area (Å²) in [4.78, 5) is 13.7. The minimum absolute atomic E-state index is 0.581. The van der Waals surface area contributed by atoms with Gasteiger partial charge >= 0.3 is 5.97 Å². The Morgan fingerprint density at radius 3 is 2.32 bits per heavy atom. The maximum atomic E-state index is 11.2. The molecule has 2 N–H and O–H groups in total. The van der Waals surface area contributed by atoms with Crippen LogP contribution < -0.4 is 5.32 Å². The average molecular weight is 272 g/mol. The molecule has 0 radical (unpaired) electrons. The minimum Gasteiger partial charge on any atom is -0.480 e. The van der Waals surface area contributed by atoms with Crippen molar-refractivity contribution in [2.45, 2.75) is 71.4 Å². The molecule has 0 spiro atoms. The lowest BCUT2D eigenvalue weighted by Gasteiger charge is -2.30. The van der Waals surface area contributed by atoms with E-state index in [0.29, 0.717) is 12.5 Å². The quantitative estimate of drug-likeness (QED) is 0.607. The van der Waals surface area contributed by atoms with Crippen LogP contribution in [0.3, 0.4) is 0 Å². The molecule has 0 saturated heterocycles. The van der Waals surface area contributed by atoms with Gasteiger partial charge in [0.05, 0.1) is 0 Å². The Kier molecular flexibility index (Phi) is 9.02. The molecule has 4 nitrogen and oxygen atoms in total. The molecule has 0 aliphatic heterocycles. The van der Waals surface area contributed by atoms with E-state index in [4.69, 9.17) is 0 Å². The van der Waals surface area contributed by atoms with Gasteiger partial charge in [-0.05, 0) is 59.7 Å². The number of nitrogens with one attached hydrogen (secondary N) is 1. The Morgan fingerprint density at radius 1 is 1.32 bits per heavy atom. The van der Waals surface area contributed by atoms with Gasteiger partial charge in [-0.15, -0.1) is 0 Å². The number of carboxylic acid groups (broad SMARTS) is 1. The summed E-state index contributed by atoms with van der Waals surface area (Å²) in [5.41, 5.74) is -0.800. The predicted molar refractivity (Wildman–Crippen MR) is 80.6 cm³/mol. The van der Waals surface area contributed by atoms with E-state index >= 15 is 0 Å². The summed E-state index contributed by atoms with van der Waals surface area (Å²) in [6, 6.07) is 0.581. The summed E-state index contributed by atoms with van der Waals surface area (Å²) in [6.45, 7) is 10.5. The van der Waals surface area contributed by atoms with E-state index in [1.54, 1.807) is 14.0 Å². The lowest BCUT2D eigenvalue weighted by Crippen LogP contribution is -2.48. The summed E-state index contributed by atoms with van der Waals surface area (Å²) in [5, 5.41) is 12.1. The number of likely N-dealkylation sites (N-methyl/N-ethyl adjacent to an activating group) is 1. The van der Waals surface area contributed by atoms with Crippen LogP contribution >= 0.6 is 0 Å². The van der Waals surface area contributed by atoms with Gasteiger partial charge in [-0.2, -0.15) is 0 Å². The first kappa shape index (κ1) is 18.4. The Labute approximate surface area is 118 Å². The summed E-state index contributed by atoms with van der Waals surface area (Å²) in [6.07, 6.45) is 5.14. The van der Waals surface area contributed by atoms with Crippen LogP contribution in [0.4, 0.5) is 0 Å². The number of aliphatic carboxylic acids is 1. The molecule has 2 unspecified atom stereocenters. The monoisotopic (exact) mass is 272 g/mol. The smallest absolute Gasteiger partial charge is 0.323 e. The van der Waals surface area contributed by atoms with Crippen LogP contribution in [0.5, 0.6) is 0 Å². The van der Waals surface area contributed by atoms with Crippen molar-refractivity contribution in [3.05, 3.63) is 0 Å². The number of carboxylic acids is 1. The first-order chi connectivity index (χ1) is 8.91. The van der Waals surface area contributed by atoms with Gasteiger partial charge in [0.1, 0.15) is 5.54 Å². The fourth-order valence-corrected chi connectivity index (χ4v) is 2.15. The molecular formula is C15H32N2O2. The number of nitrogens with zero attached hydrogens (tertiary/aromatic N) is 1. The van der Waals surface area contributed by atoms with E-state index in [9.17, 15) is 9.90 Å². The molecule has 4 heteroatoms. The average Bonchev–Trinajstić information content (AvgIpc) is 2.41. The van der Waals surface area contributed by atoms with Crippen LogP contribution in [0, 0.1) is 0 Å². The van der Waals surface area contributed by atoms with Crippen molar-refractivity contribution < 1.29 is 9.90 Å². The van der Waals surface area contributed by atoms with Gasteiger partial charge in [0, 0.05) is 6.04 Å². The van der Waals surface area contributed by atoms with Crippen LogP contribution in [0.25, 0.3) is 0 Å². The third-order valence-corrected chi connectivity index (χ3v) is 4.16. The number of carbonyl (C=O) groups is 1. The molecule has 2 atom stereocenters. The van der Waals surface area contributed by atoms with E-state index in [0.717, 1.165) is 25.9 Å². The van der Waals surface area contributed by atoms with Gasteiger partial charge in [0.15, 0.2) is 0 Å². The van der Waals surface area contributed by atoms with Gasteiger partial charge in [-0.25, -0.2) is 0 Å². The molecule has 0 amide bonds. The summed E-state index contributed by atoms with van der Waals surface area (Å²) >= 11 is 0. The molecule has 0 aromatic heterocycles. The Hall–Kier alpha value is -0.610. The molecule has 0 aliphatic rings. The second-order valence-corrected chi connectivity index (χ2v) is 5.64. The molecule has 0 aromatic carbocycles. The van der Waals surface area contributed by atoms with E-state index in [1.807, 2.05) is 0 Å². The maximum absolute atomic E-state index is 11.2. The summed E-state index contributed by atoms with van der Waals surface area (Å²) in [7, 11) is 1.72. The van der Waals surface area contributed by atoms with Gasteiger partial charge < -0.3 is 15.3 Å². The fraction of sp³-hybridized carbons (Fsp3) is 0.933. The molecule has 0 fully saturated rings. The van der Waals surface area contributed by atoms with Gasteiger partial charge in [0.2, 0.25) is 0 Å². The largest absolute Gasteiger partial charge is 0.480 e. The van der Waals surface area contributed by atoms with E-state index < -0.39 is 11.5 Å². The van der Waals surface area contributed by atoms with Crippen molar-refractivity contribution in [1.82, 2.24) is 10.2 Å². The molecule has 114 valence electrons.